The first-order chi connectivity index (χ1) is 8.65. The Morgan fingerprint density at radius 2 is 1.61 bits per heavy atom. The van der Waals surface area contributed by atoms with Crippen LogP contribution in [0.5, 0.6) is 0 Å². The van der Waals surface area contributed by atoms with Crippen LogP contribution < -0.4 is 0 Å². The molecule has 1 aliphatic heterocycles. The predicted molar refractivity (Wildman–Crippen MR) is 67.2 cm³/mol. The molecular weight excluding hydrogens is 254 g/mol. The van der Waals surface area contributed by atoms with Crippen molar-refractivity contribution in [3.63, 3.8) is 0 Å². The van der Waals surface area contributed by atoms with E-state index in [0.29, 0.717) is 32.2 Å². The highest BCUT2D eigenvalue weighted by Crippen LogP contribution is 2.03. The molecule has 0 bridgehead atoms. The SMILES string of the molecule is CCC(=O)O[SiH](CN1CCOCC1)OC(=O)CC. The first-order valence-corrected chi connectivity index (χ1v) is 8.10. The third kappa shape index (κ3) is 5.61. The molecule has 0 saturated carbocycles. The molecule has 7 heteroatoms. The summed E-state index contributed by atoms with van der Waals surface area (Å²) >= 11 is 0. The minimum atomic E-state index is -2.29. The van der Waals surface area contributed by atoms with Crippen molar-refractivity contribution in [2.45, 2.75) is 26.7 Å². The van der Waals surface area contributed by atoms with Crippen molar-refractivity contribution in [2.75, 3.05) is 32.5 Å². The van der Waals surface area contributed by atoms with E-state index in [1.807, 2.05) is 0 Å². The molecule has 0 aromatic heterocycles. The molecule has 0 amide bonds. The number of hydrogen-bond donors (Lipinski definition) is 0. The Balaban J connectivity index is 2.46. The van der Waals surface area contributed by atoms with Gasteiger partial charge in [0.15, 0.2) is 0 Å². The van der Waals surface area contributed by atoms with Crippen LogP contribution in [0, 0.1) is 0 Å². The number of carbonyl (C=O) groups excluding carboxylic acids is 2. The Morgan fingerprint density at radius 1 is 1.11 bits per heavy atom. The second-order valence-corrected chi connectivity index (χ2v) is 5.73. The molecule has 0 aromatic carbocycles. The van der Waals surface area contributed by atoms with Crippen molar-refractivity contribution < 1.29 is 23.2 Å². The Kier molecular flexibility index (Phi) is 6.92. The van der Waals surface area contributed by atoms with Gasteiger partial charge in [0.2, 0.25) is 0 Å². The zero-order chi connectivity index (χ0) is 13.4. The van der Waals surface area contributed by atoms with E-state index in [1.165, 1.54) is 0 Å². The van der Waals surface area contributed by atoms with Crippen molar-refractivity contribution in [3.05, 3.63) is 0 Å². The lowest BCUT2D eigenvalue weighted by atomic mass is 10.5. The molecule has 1 fully saturated rings. The van der Waals surface area contributed by atoms with Crippen LogP contribution in [-0.4, -0.2) is 58.6 Å². The van der Waals surface area contributed by atoms with E-state index in [2.05, 4.69) is 4.90 Å². The standard InChI is InChI=1S/C11H21NO5Si/c1-3-10(13)16-18(17-11(14)4-2)9-12-5-7-15-8-6-12/h18H,3-9H2,1-2H3. The Bertz CT molecular complexity index is 263. The molecule has 18 heavy (non-hydrogen) atoms. The van der Waals surface area contributed by atoms with E-state index in [9.17, 15) is 9.59 Å². The molecule has 1 aliphatic rings. The van der Waals surface area contributed by atoms with Gasteiger partial charge in [0, 0.05) is 25.9 Å². The third-order valence-corrected chi connectivity index (χ3v) is 4.48. The van der Waals surface area contributed by atoms with Crippen LogP contribution in [-0.2, 0) is 23.2 Å². The largest absolute Gasteiger partial charge is 0.486 e. The smallest absolute Gasteiger partial charge is 0.462 e. The number of nitrogens with zero attached hydrogens (tertiary/aromatic N) is 1. The van der Waals surface area contributed by atoms with Crippen LogP contribution in [0.4, 0.5) is 0 Å². The number of morpholine rings is 1. The van der Waals surface area contributed by atoms with Crippen LogP contribution >= 0.6 is 0 Å². The third-order valence-electron chi connectivity index (χ3n) is 2.61. The van der Waals surface area contributed by atoms with Crippen LogP contribution in [0.15, 0.2) is 0 Å². The first kappa shape index (κ1) is 15.1. The predicted octanol–water partition coefficient (Wildman–Crippen LogP) is -0.0153. The number of rotatable bonds is 6. The van der Waals surface area contributed by atoms with Crippen LogP contribution in [0.2, 0.25) is 0 Å². The van der Waals surface area contributed by atoms with E-state index in [1.54, 1.807) is 13.8 Å². The zero-order valence-electron chi connectivity index (χ0n) is 11.0. The average Bonchev–Trinajstić information content (AvgIpc) is 2.39. The summed E-state index contributed by atoms with van der Waals surface area (Å²) in [7, 11) is -2.29. The van der Waals surface area contributed by atoms with Crippen molar-refractivity contribution in [1.82, 2.24) is 4.90 Å². The monoisotopic (exact) mass is 275 g/mol. The van der Waals surface area contributed by atoms with Gasteiger partial charge in [0.05, 0.1) is 19.4 Å². The lowest BCUT2D eigenvalue weighted by Gasteiger charge is -2.28. The summed E-state index contributed by atoms with van der Waals surface area (Å²) in [6, 6.07) is 0. The van der Waals surface area contributed by atoms with Crippen LogP contribution in [0.25, 0.3) is 0 Å². The highest BCUT2D eigenvalue weighted by Gasteiger charge is 2.26. The van der Waals surface area contributed by atoms with E-state index >= 15 is 0 Å². The highest BCUT2D eigenvalue weighted by molar-refractivity contribution is 6.49. The summed E-state index contributed by atoms with van der Waals surface area (Å²) in [5.41, 5.74) is 0. The fraction of sp³-hybridized carbons (Fsp3) is 0.818. The van der Waals surface area contributed by atoms with Gasteiger partial charge in [-0.2, -0.15) is 0 Å². The summed E-state index contributed by atoms with van der Waals surface area (Å²) in [6.45, 7) is 6.37. The Labute approximate surface area is 109 Å². The minimum Gasteiger partial charge on any atom is -0.486 e. The van der Waals surface area contributed by atoms with Gasteiger partial charge in [0.1, 0.15) is 0 Å². The lowest BCUT2D eigenvalue weighted by Crippen LogP contribution is -2.46. The molecule has 1 saturated heterocycles. The molecule has 0 radical (unpaired) electrons. The van der Waals surface area contributed by atoms with Crippen molar-refractivity contribution >= 4 is 21.2 Å². The average molecular weight is 275 g/mol. The summed E-state index contributed by atoms with van der Waals surface area (Å²) in [4.78, 5) is 24.7. The van der Waals surface area contributed by atoms with Gasteiger partial charge in [-0.25, -0.2) is 0 Å². The maximum Gasteiger partial charge on any atom is 0.462 e. The molecule has 1 rings (SSSR count). The molecule has 0 aromatic rings. The number of ether oxygens (including phenoxy) is 1. The first-order valence-electron chi connectivity index (χ1n) is 6.34. The van der Waals surface area contributed by atoms with E-state index < -0.39 is 9.28 Å². The Hall–Kier alpha value is -0.923. The van der Waals surface area contributed by atoms with Gasteiger partial charge in [-0.15, -0.1) is 0 Å². The molecule has 1 heterocycles. The molecule has 0 unspecified atom stereocenters. The summed E-state index contributed by atoms with van der Waals surface area (Å²) in [5, 5.41) is 0. The van der Waals surface area contributed by atoms with E-state index in [0.717, 1.165) is 13.1 Å². The van der Waals surface area contributed by atoms with Gasteiger partial charge in [-0.1, -0.05) is 13.8 Å². The summed E-state index contributed by atoms with van der Waals surface area (Å²) < 4.78 is 15.7. The number of hydrogen-bond acceptors (Lipinski definition) is 6. The normalized spacial score (nSPS) is 16.6. The van der Waals surface area contributed by atoms with Crippen molar-refractivity contribution in [1.29, 1.82) is 0 Å². The van der Waals surface area contributed by atoms with Gasteiger partial charge >= 0.3 is 9.28 Å². The summed E-state index contributed by atoms with van der Waals surface area (Å²) in [5.74, 6) is -0.604. The maximum atomic E-state index is 11.3. The lowest BCUT2D eigenvalue weighted by molar-refractivity contribution is -0.140. The van der Waals surface area contributed by atoms with E-state index in [4.69, 9.17) is 13.6 Å². The molecule has 0 spiro atoms. The minimum absolute atomic E-state index is 0.302. The van der Waals surface area contributed by atoms with Crippen LogP contribution in [0.1, 0.15) is 26.7 Å². The quantitative estimate of drug-likeness (QED) is 0.635. The van der Waals surface area contributed by atoms with Gasteiger partial charge in [-0.3, -0.25) is 14.5 Å². The zero-order valence-corrected chi connectivity index (χ0v) is 12.2. The molecule has 0 aliphatic carbocycles. The van der Waals surface area contributed by atoms with Gasteiger partial charge in [-0.05, 0) is 0 Å². The molecule has 0 atom stereocenters. The van der Waals surface area contributed by atoms with Crippen LogP contribution in [0.3, 0.4) is 0 Å². The van der Waals surface area contributed by atoms with E-state index in [-0.39, 0.29) is 11.9 Å². The second kappa shape index (κ2) is 8.23. The van der Waals surface area contributed by atoms with Gasteiger partial charge < -0.3 is 13.6 Å². The molecule has 104 valence electrons. The number of carbonyl (C=O) groups is 2. The maximum absolute atomic E-state index is 11.3. The van der Waals surface area contributed by atoms with Crippen molar-refractivity contribution in [2.24, 2.45) is 0 Å². The molecule has 6 nitrogen and oxygen atoms in total. The van der Waals surface area contributed by atoms with Crippen molar-refractivity contribution in [3.8, 4) is 0 Å². The highest BCUT2D eigenvalue weighted by atomic mass is 28.3. The Morgan fingerprint density at radius 3 is 2.06 bits per heavy atom. The fourth-order valence-electron chi connectivity index (χ4n) is 1.55. The fourth-order valence-corrected chi connectivity index (χ4v) is 3.46. The topological polar surface area (TPSA) is 65.1 Å². The molecular formula is C11H21NO5Si. The van der Waals surface area contributed by atoms with Gasteiger partial charge in [0.25, 0.3) is 11.9 Å². The second-order valence-electron chi connectivity index (χ2n) is 4.03. The molecule has 0 N–H and O–H groups in total. The summed E-state index contributed by atoms with van der Waals surface area (Å²) in [6.07, 6.45) is 1.15.